The highest BCUT2D eigenvalue weighted by atomic mass is 127. The van der Waals surface area contributed by atoms with Gasteiger partial charge in [-0.05, 0) is 40.8 Å². The van der Waals surface area contributed by atoms with E-state index in [1.165, 1.54) is 80.8 Å². The van der Waals surface area contributed by atoms with Crippen LogP contribution in [0.15, 0.2) is 78.9 Å². The van der Waals surface area contributed by atoms with Crippen LogP contribution in [0.4, 0.5) is 0 Å². The van der Waals surface area contributed by atoms with Gasteiger partial charge in [0.25, 0.3) is 0 Å². The maximum atomic E-state index is 2.66. The van der Waals surface area contributed by atoms with Gasteiger partial charge in [0.15, 0.2) is 0 Å². The minimum atomic E-state index is -0.123. The number of thiophene rings is 1. The van der Waals surface area contributed by atoms with Crippen LogP contribution in [0.5, 0.6) is 0 Å². The number of nitrogens with zero attached hydrogens (tertiary/aromatic N) is 2. The Morgan fingerprint density at radius 2 is 1.49 bits per heavy atom. The van der Waals surface area contributed by atoms with Crippen LogP contribution < -0.4 is 0 Å². The van der Waals surface area contributed by atoms with Gasteiger partial charge < -0.3 is 4.40 Å². The van der Waals surface area contributed by atoms with Gasteiger partial charge in [-0.25, -0.2) is 0 Å². The van der Waals surface area contributed by atoms with Crippen LogP contribution in [0.1, 0.15) is 25.1 Å². The topological polar surface area (TPSA) is 9.34 Å². The molecule has 8 aromatic rings. The minimum absolute atomic E-state index is 0.123. The molecule has 0 atom stereocenters. The molecular weight excluding hydrogens is 559 g/mol. The van der Waals surface area contributed by atoms with E-state index in [-0.39, 0.29) is 5.41 Å². The molecule has 0 saturated carbocycles. The number of benzene rings is 4. The van der Waals surface area contributed by atoms with E-state index in [9.17, 15) is 0 Å². The van der Waals surface area contributed by atoms with Crippen molar-refractivity contribution in [3.8, 4) is 11.1 Å². The Labute approximate surface area is 219 Å². The lowest BCUT2D eigenvalue weighted by atomic mass is 9.85. The van der Waals surface area contributed by atoms with E-state index >= 15 is 0 Å². The fourth-order valence-electron chi connectivity index (χ4n) is 6.96. The third kappa shape index (κ3) is 1.99. The fourth-order valence-corrected chi connectivity index (χ4v) is 8.98. The molecule has 166 valence electrons. The third-order valence-corrected chi connectivity index (χ3v) is 10.6. The van der Waals surface area contributed by atoms with Gasteiger partial charge in [-0.15, -0.1) is 11.3 Å². The second-order valence-electron chi connectivity index (χ2n) is 10.3. The van der Waals surface area contributed by atoms with E-state index in [0.29, 0.717) is 0 Å². The summed E-state index contributed by atoms with van der Waals surface area (Å²) >= 11 is 4.42. The van der Waals surface area contributed by atoms with Crippen molar-refractivity contribution in [2.75, 3.05) is 0 Å². The number of rotatable bonds is 0. The quantitative estimate of drug-likeness (QED) is 0.159. The number of halogens is 1. The van der Waals surface area contributed by atoms with Crippen molar-refractivity contribution >= 4 is 92.6 Å². The zero-order valence-electron chi connectivity index (χ0n) is 19.2. The molecule has 4 heteroatoms. The Bertz CT molecular complexity index is 2200. The molecule has 9 rings (SSSR count). The van der Waals surface area contributed by atoms with E-state index in [2.05, 4.69) is 123 Å². The highest BCUT2D eigenvalue weighted by Gasteiger charge is 2.40. The Morgan fingerprint density at radius 1 is 0.714 bits per heavy atom. The predicted octanol–water partition coefficient (Wildman–Crippen LogP) is 9.51. The number of aromatic nitrogens is 2. The molecule has 0 N–H and O–H groups in total. The molecule has 0 spiro atoms. The lowest BCUT2D eigenvalue weighted by molar-refractivity contribution is 0.632. The van der Waals surface area contributed by atoms with Gasteiger partial charge in [0, 0.05) is 42.9 Å². The Hall–Kier alpha value is -3.09. The predicted molar refractivity (Wildman–Crippen MR) is 159 cm³/mol. The average molecular weight is 578 g/mol. The van der Waals surface area contributed by atoms with Crippen molar-refractivity contribution in [1.82, 2.24) is 7.18 Å². The van der Waals surface area contributed by atoms with Gasteiger partial charge in [0.2, 0.25) is 0 Å². The van der Waals surface area contributed by atoms with E-state index in [0.717, 1.165) is 0 Å². The van der Waals surface area contributed by atoms with Crippen LogP contribution in [-0.2, 0) is 5.41 Å². The zero-order valence-corrected chi connectivity index (χ0v) is 22.2. The number of fused-ring (bicyclic) bond motifs is 10. The van der Waals surface area contributed by atoms with Gasteiger partial charge in [-0.2, -0.15) is 0 Å². The Morgan fingerprint density at radius 3 is 2.40 bits per heavy atom. The van der Waals surface area contributed by atoms with Crippen molar-refractivity contribution in [1.29, 1.82) is 0 Å². The molecule has 1 aliphatic rings. The maximum Gasteiger partial charge on any atom is 0.0725 e. The largest absolute Gasteiger partial charge is 0.309 e. The first kappa shape index (κ1) is 19.1. The summed E-state index contributed by atoms with van der Waals surface area (Å²) < 4.78 is 7.77. The normalized spacial score (nSPS) is 14.9. The monoisotopic (exact) mass is 578 g/mol. The standard InChI is InChI=1S/C31H19IN2S/c1-31(2)20-11-5-3-8-16(20)24-18-10-7-12-21-25(18)26-22(34(21)32)15-14-19-27(26)33(30(24)31)28-17-9-4-6-13-23(17)35-29(19)28/h3-15H,1-2H3. The molecule has 4 aromatic carbocycles. The SMILES string of the molecule is CC1(C)c2ccccc2-c2c1n1c3c4ccccc4sc3c3ccc4c(c5c2cccc5n4I)c31. The second kappa shape index (κ2) is 6.00. The fraction of sp³-hybridized carbons (Fsp3) is 0.0968. The molecule has 4 heterocycles. The van der Waals surface area contributed by atoms with E-state index in [1.807, 2.05) is 11.3 Å². The first-order valence-corrected chi connectivity index (χ1v) is 13.8. The van der Waals surface area contributed by atoms with Gasteiger partial charge >= 0.3 is 0 Å². The highest BCUT2D eigenvalue weighted by Crippen LogP contribution is 2.56. The number of hydrogen-bond acceptors (Lipinski definition) is 1. The minimum Gasteiger partial charge on any atom is -0.309 e. The van der Waals surface area contributed by atoms with E-state index in [4.69, 9.17) is 0 Å². The summed E-state index contributed by atoms with van der Waals surface area (Å²) in [5, 5.41) is 6.85. The van der Waals surface area contributed by atoms with Crippen LogP contribution in [0.2, 0.25) is 0 Å². The zero-order chi connectivity index (χ0) is 23.2. The summed E-state index contributed by atoms with van der Waals surface area (Å²) in [5.41, 5.74) is 10.8. The van der Waals surface area contributed by atoms with Crippen LogP contribution >= 0.6 is 34.2 Å². The molecule has 0 aliphatic heterocycles. The molecule has 0 saturated heterocycles. The molecule has 0 bridgehead atoms. The van der Waals surface area contributed by atoms with Crippen LogP contribution in [0.25, 0.3) is 69.5 Å². The van der Waals surface area contributed by atoms with Gasteiger partial charge in [0.05, 0.1) is 49.6 Å². The highest BCUT2D eigenvalue weighted by molar-refractivity contribution is 14.1. The summed E-state index contributed by atoms with van der Waals surface area (Å²) in [6, 6.07) is 29.5. The average Bonchev–Trinajstić information content (AvgIpc) is 3.52. The van der Waals surface area contributed by atoms with Gasteiger partial charge in [-0.1, -0.05) is 68.4 Å². The molecule has 35 heavy (non-hydrogen) atoms. The molecular formula is C31H19IN2S. The molecule has 4 aromatic heterocycles. The van der Waals surface area contributed by atoms with Crippen LogP contribution in [0, 0.1) is 0 Å². The molecule has 1 aliphatic carbocycles. The van der Waals surface area contributed by atoms with Crippen LogP contribution in [-0.4, -0.2) is 7.18 Å². The second-order valence-corrected chi connectivity index (χ2v) is 12.4. The Kier molecular flexibility index (Phi) is 3.28. The maximum absolute atomic E-state index is 2.66. The van der Waals surface area contributed by atoms with Gasteiger partial charge in [0.1, 0.15) is 0 Å². The summed E-state index contributed by atoms with van der Waals surface area (Å²) in [6.45, 7) is 4.82. The van der Waals surface area contributed by atoms with Crippen molar-refractivity contribution in [2.45, 2.75) is 19.3 Å². The molecule has 0 radical (unpaired) electrons. The number of hydrogen-bond donors (Lipinski definition) is 0. The van der Waals surface area contributed by atoms with E-state index in [1.54, 1.807) is 0 Å². The molecule has 2 nitrogen and oxygen atoms in total. The Balaban J connectivity index is 1.76. The molecule has 0 fully saturated rings. The van der Waals surface area contributed by atoms with Crippen molar-refractivity contribution in [3.05, 3.63) is 90.1 Å². The van der Waals surface area contributed by atoms with Crippen molar-refractivity contribution in [3.63, 3.8) is 0 Å². The van der Waals surface area contributed by atoms with E-state index < -0.39 is 0 Å². The third-order valence-electron chi connectivity index (χ3n) is 8.32. The summed E-state index contributed by atoms with van der Waals surface area (Å²) in [4.78, 5) is 0. The molecule has 0 amide bonds. The van der Waals surface area contributed by atoms with Crippen LogP contribution in [0.3, 0.4) is 0 Å². The van der Waals surface area contributed by atoms with Crippen molar-refractivity contribution < 1.29 is 0 Å². The molecule has 0 unspecified atom stereocenters. The summed E-state index contributed by atoms with van der Waals surface area (Å²) in [7, 11) is 0. The lowest BCUT2D eigenvalue weighted by Crippen LogP contribution is -2.18. The van der Waals surface area contributed by atoms with Crippen molar-refractivity contribution in [2.24, 2.45) is 0 Å². The summed E-state index contributed by atoms with van der Waals surface area (Å²) in [6.07, 6.45) is 0. The summed E-state index contributed by atoms with van der Waals surface area (Å²) in [5.74, 6) is 0. The first-order chi connectivity index (χ1) is 17.1. The van der Waals surface area contributed by atoms with Gasteiger partial charge in [-0.3, -0.25) is 2.78 Å². The lowest BCUT2D eigenvalue weighted by Gasteiger charge is -2.22. The first-order valence-electron chi connectivity index (χ1n) is 12.0. The smallest absolute Gasteiger partial charge is 0.0725 e.